The van der Waals surface area contributed by atoms with E-state index in [9.17, 15) is 4.79 Å². The van der Waals surface area contributed by atoms with Crippen molar-refractivity contribution in [1.29, 1.82) is 0 Å². The molecular formula is C13H19NOS. The van der Waals surface area contributed by atoms with Crippen molar-refractivity contribution < 1.29 is 4.79 Å². The fourth-order valence-electron chi connectivity index (χ4n) is 2.16. The highest BCUT2D eigenvalue weighted by molar-refractivity contribution is 7.16. The molecular weight excluding hydrogens is 218 g/mol. The largest absolute Gasteiger partial charge is 0.318 e. The molecule has 0 bridgehead atoms. The third kappa shape index (κ3) is 2.85. The minimum Gasteiger partial charge on any atom is -0.318 e. The summed E-state index contributed by atoms with van der Waals surface area (Å²) in [6.45, 7) is 2.03. The first kappa shape index (κ1) is 11.6. The number of thiophene rings is 1. The van der Waals surface area contributed by atoms with Gasteiger partial charge in [-0.15, -0.1) is 11.3 Å². The van der Waals surface area contributed by atoms with Crippen LogP contribution < -0.4 is 5.32 Å². The van der Waals surface area contributed by atoms with E-state index < -0.39 is 0 Å². The van der Waals surface area contributed by atoms with Gasteiger partial charge in [0.05, 0.1) is 5.00 Å². The van der Waals surface area contributed by atoms with E-state index in [1.807, 2.05) is 6.92 Å². The minimum atomic E-state index is 0.152. The molecule has 0 spiro atoms. The lowest BCUT2D eigenvalue weighted by Gasteiger charge is -1.99. The average Bonchev–Trinajstić information content (AvgIpc) is 2.48. The number of hydrogen-bond donors (Lipinski definition) is 1. The predicted octanol–water partition coefficient (Wildman–Crippen LogP) is 3.76. The summed E-state index contributed by atoms with van der Waals surface area (Å²) in [5, 5.41) is 4.05. The number of fused-ring (bicyclic) bond motifs is 1. The normalized spacial score (nSPS) is 15.3. The van der Waals surface area contributed by atoms with Gasteiger partial charge in [0.15, 0.2) is 0 Å². The number of hydrogen-bond acceptors (Lipinski definition) is 2. The smallest absolute Gasteiger partial charge is 0.224 e. The molecule has 16 heavy (non-hydrogen) atoms. The van der Waals surface area contributed by atoms with Crippen LogP contribution in [0.5, 0.6) is 0 Å². The van der Waals surface area contributed by atoms with Gasteiger partial charge in [0.2, 0.25) is 5.91 Å². The summed E-state index contributed by atoms with van der Waals surface area (Å²) in [6, 6.07) is 2.18. The van der Waals surface area contributed by atoms with Gasteiger partial charge in [0, 0.05) is 11.3 Å². The number of amides is 1. The summed E-state index contributed by atoms with van der Waals surface area (Å²) < 4.78 is 0. The van der Waals surface area contributed by atoms with Crippen molar-refractivity contribution in [3.8, 4) is 0 Å². The Morgan fingerprint density at radius 2 is 2.19 bits per heavy atom. The van der Waals surface area contributed by atoms with Gasteiger partial charge in [0.1, 0.15) is 0 Å². The average molecular weight is 237 g/mol. The van der Waals surface area contributed by atoms with Crippen LogP contribution in [0.2, 0.25) is 0 Å². The maximum atomic E-state index is 11.5. The number of carbonyl (C=O) groups is 1. The Morgan fingerprint density at radius 3 is 3.00 bits per heavy atom. The van der Waals surface area contributed by atoms with Gasteiger partial charge in [-0.2, -0.15) is 0 Å². The number of rotatable bonds is 3. The Labute approximate surface area is 101 Å². The summed E-state index contributed by atoms with van der Waals surface area (Å²) in [5.74, 6) is 0.152. The molecule has 88 valence electrons. The van der Waals surface area contributed by atoms with Crippen molar-refractivity contribution in [3.05, 3.63) is 16.5 Å². The molecule has 3 heteroatoms. The second-order valence-electron chi connectivity index (χ2n) is 4.42. The summed E-state index contributed by atoms with van der Waals surface area (Å²) in [5.41, 5.74) is 1.47. The van der Waals surface area contributed by atoms with Crippen molar-refractivity contribution >= 4 is 22.2 Å². The SMILES string of the molecule is CCCC(=O)Nc1cc2c(s1)CCCCC2. The first-order valence-corrected chi connectivity index (χ1v) is 7.02. The molecule has 0 saturated heterocycles. The van der Waals surface area contributed by atoms with Gasteiger partial charge in [-0.05, 0) is 43.7 Å². The van der Waals surface area contributed by atoms with Crippen molar-refractivity contribution in [1.82, 2.24) is 0 Å². The van der Waals surface area contributed by atoms with Crippen molar-refractivity contribution in [2.24, 2.45) is 0 Å². The lowest BCUT2D eigenvalue weighted by Crippen LogP contribution is -2.09. The molecule has 0 unspecified atom stereocenters. The van der Waals surface area contributed by atoms with Gasteiger partial charge in [-0.1, -0.05) is 13.3 Å². The Morgan fingerprint density at radius 1 is 1.38 bits per heavy atom. The standard InChI is InChI=1S/C13H19NOS/c1-2-6-12(15)14-13-9-10-7-4-3-5-8-11(10)16-13/h9H,2-8H2,1H3,(H,14,15). The number of anilines is 1. The van der Waals surface area contributed by atoms with Crippen LogP contribution in [0, 0.1) is 0 Å². The summed E-state index contributed by atoms with van der Waals surface area (Å²) in [7, 11) is 0. The van der Waals surface area contributed by atoms with E-state index in [0.717, 1.165) is 11.4 Å². The Bertz CT molecular complexity index is 347. The Hall–Kier alpha value is -0.830. The Kier molecular flexibility index (Phi) is 3.99. The van der Waals surface area contributed by atoms with Gasteiger partial charge in [-0.25, -0.2) is 0 Å². The van der Waals surface area contributed by atoms with E-state index in [-0.39, 0.29) is 5.91 Å². The van der Waals surface area contributed by atoms with Crippen LogP contribution in [0.3, 0.4) is 0 Å². The minimum absolute atomic E-state index is 0.152. The topological polar surface area (TPSA) is 29.1 Å². The second kappa shape index (κ2) is 5.48. The molecule has 0 aromatic carbocycles. The maximum Gasteiger partial charge on any atom is 0.224 e. The molecule has 0 saturated carbocycles. The van der Waals surface area contributed by atoms with E-state index in [1.165, 1.54) is 42.5 Å². The zero-order valence-corrected chi connectivity index (χ0v) is 10.7. The van der Waals surface area contributed by atoms with Crippen LogP contribution >= 0.6 is 11.3 Å². The summed E-state index contributed by atoms with van der Waals surface area (Å²) >= 11 is 1.77. The monoisotopic (exact) mass is 237 g/mol. The Balaban J connectivity index is 2.03. The maximum absolute atomic E-state index is 11.5. The number of carbonyl (C=O) groups excluding carboxylic acids is 1. The molecule has 1 amide bonds. The fraction of sp³-hybridized carbons (Fsp3) is 0.615. The van der Waals surface area contributed by atoms with Crippen molar-refractivity contribution in [2.45, 2.75) is 51.9 Å². The number of aryl methyl sites for hydroxylation is 2. The molecule has 0 aliphatic heterocycles. The lowest BCUT2D eigenvalue weighted by atomic mass is 10.1. The predicted molar refractivity (Wildman–Crippen MR) is 69.1 cm³/mol. The molecule has 1 aromatic rings. The van der Waals surface area contributed by atoms with E-state index in [2.05, 4.69) is 11.4 Å². The number of nitrogens with one attached hydrogen (secondary N) is 1. The molecule has 0 atom stereocenters. The highest BCUT2D eigenvalue weighted by Crippen LogP contribution is 2.32. The zero-order valence-electron chi connectivity index (χ0n) is 9.84. The molecule has 2 nitrogen and oxygen atoms in total. The molecule has 1 heterocycles. The molecule has 1 aliphatic rings. The summed E-state index contributed by atoms with van der Waals surface area (Å²) in [4.78, 5) is 13.0. The first-order valence-electron chi connectivity index (χ1n) is 6.21. The second-order valence-corrected chi connectivity index (χ2v) is 5.55. The van der Waals surface area contributed by atoms with E-state index in [0.29, 0.717) is 6.42 Å². The molecule has 0 fully saturated rings. The highest BCUT2D eigenvalue weighted by Gasteiger charge is 2.13. The van der Waals surface area contributed by atoms with Crippen LogP contribution in [0.15, 0.2) is 6.07 Å². The summed E-state index contributed by atoms with van der Waals surface area (Å²) in [6.07, 6.45) is 7.87. The third-order valence-corrected chi connectivity index (χ3v) is 4.14. The molecule has 1 aliphatic carbocycles. The van der Waals surface area contributed by atoms with E-state index >= 15 is 0 Å². The molecule has 2 rings (SSSR count). The van der Waals surface area contributed by atoms with Crippen molar-refractivity contribution in [3.63, 3.8) is 0 Å². The van der Waals surface area contributed by atoms with Crippen LogP contribution in [-0.2, 0) is 17.6 Å². The molecule has 1 N–H and O–H groups in total. The zero-order chi connectivity index (χ0) is 11.4. The third-order valence-electron chi connectivity index (χ3n) is 2.99. The highest BCUT2D eigenvalue weighted by atomic mass is 32.1. The van der Waals surface area contributed by atoms with Crippen LogP contribution in [0.4, 0.5) is 5.00 Å². The van der Waals surface area contributed by atoms with Gasteiger partial charge in [0.25, 0.3) is 0 Å². The molecule has 0 radical (unpaired) electrons. The fourth-order valence-corrected chi connectivity index (χ4v) is 3.33. The van der Waals surface area contributed by atoms with Gasteiger partial charge >= 0.3 is 0 Å². The first-order chi connectivity index (χ1) is 7.79. The van der Waals surface area contributed by atoms with Crippen LogP contribution in [0.1, 0.15) is 49.5 Å². The van der Waals surface area contributed by atoms with Crippen LogP contribution in [0.25, 0.3) is 0 Å². The quantitative estimate of drug-likeness (QED) is 0.797. The van der Waals surface area contributed by atoms with Gasteiger partial charge in [-0.3, -0.25) is 4.79 Å². The lowest BCUT2D eigenvalue weighted by molar-refractivity contribution is -0.116. The van der Waals surface area contributed by atoms with Crippen molar-refractivity contribution in [2.75, 3.05) is 5.32 Å². The van der Waals surface area contributed by atoms with E-state index in [4.69, 9.17) is 0 Å². The van der Waals surface area contributed by atoms with Crippen LogP contribution in [-0.4, -0.2) is 5.91 Å². The van der Waals surface area contributed by atoms with Gasteiger partial charge < -0.3 is 5.32 Å². The molecule has 1 aromatic heterocycles. The van der Waals surface area contributed by atoms with E-state index in [1.54, 1.807) is 11.3 Å².